The van der Waals surface area contributed by atoms with E-state index in [1.807, 2.05) is 13.0 Å². The van der Waals surface area contributed by atoms with Crippen molar-refractivity contribution in [1.29, 1.82) is 0 Å². The second kappa shape index (κ2) is 2.95. The summed E-state index contributed by atoms with van der Waals surface area (Å²) in [6, 6.07) is 3.05. The lowest BCUT2D eigenvalue weighted by molar-refractivity contribution is 0.763. The van der Waals surface area contributed by atoms with Crippen molar-refractivity contribution in [2.24, 2.45) is 5.73 Å². The number of nitrogens with two attached hydrogens (primary N) is 1. The molecule has 0 aliphatic heterocycles. The zero-order valence-electron chi connectivity index (χ0n) is 8.11. The lowest BCUT2D eigenvalue weighted by Gasteiger charge is -2.03. The number of hydrogen-bond donors (Lipinski definition) is 2. The first-order valence-electron chi connectivity index (χ1n) is 4.43. The van der Waals surface area contributed by atoms with Crippen LogP contribution in [0.2, 0.25) is 0 Å². The van der Waals surface area contributed by atoms with E-state index in [-0.39, 0.29) is 11.6 Å². The highest BCUT2D eigenvalue weighted by Gasteiger charge is 2.06. The molecular formula is C9H12N4O. The molecular weight excluding hydrogens is 180 g/mol. The number of aromatic amines is 1. The molecule has 0 spiro atoms. The van der Waals surface area contributed by atoms with Crippen LogP contribution >= 0.6 is 0 Å². The summed E-state index contributed by atoms with van der Waals surface area (Å²) in [7, 11) is 0. The van der Waals surface area contributed by atoms with Gasteiger partial charge in [0.05, 0.1) is 5.69 Å². The maximum atomic E-state index is 11.6. The molecule has 1 unspecified atom stereocenters. The number of fused-ring (bicyclic) bond motifs is 1. The van der Waals surface area contributed by atoms with Crippen molar-refractivity contribution in [3.63, 3.8) is 0 Å². The topological polar surface area (TPSA) is 76.2 Å². The average molecular weight is 192 g/mol. The second-order valence-electron chi connectivity index (χ2n) is 3.44. The van der Waals surface area contributed by atoms with E-state index in [9.17, 15) is 4.79 Å². The highest BCUT2D eigenvalue weighted by molar-refractivity contribution is 5.39. The molecule has 2 rings (SSSR count). The molecule has 0 aliphatic rings. The summed E-state index contributed by atoms with van der Waals surface area (Å²) in [5.41, 5.74) is 7.66. The molecule has 2 aromatic rings. The fraction of sp³-hybridized carbons (Fsp3) is 0.333. The molecule has 0 aromatic carbocycles. The Hall–Kier alpha value is -1.62. The summed E-state index contributed by atoms with van der Waals surface area (Å²) in [5, 5.41) is 2.89. The molecule has 2 aromatic heterocycles. The van der Waals surface area contributed by atoms with Gasteiger partial charge < -0.3 is 5.73 Å². The van der Waals surface area contributed by atoms with Crippen LogP contribution in [0.25, 0.3) is 5.65 Å². The predicted molar refractivity (Wildman–Crippen MR) is 53.2 cm³/mol. The third-order valence-electron chi connectivity index (χ3n) is 2.06. The smallest absolute Gasteiger partial charge is 0.272 e. The van der Waals surface area contributed by atoms with Crippen LogP contribution in [0.5, 0.6) is 0 Å². The Kier molecular flexibility index (Phi) is 1.89. The number of hydrogen-bond acceptors (Lipinski definition) is 3. The Bertz CT molecular complexity index is 523. The van der Waals surface area contributed by atoms with Gasteiger partial charge in [0.15, 0.2) is 5.65 Å². The lowest BCUT2D eigenvalue weighted by Crippen LogP contribution is -2.18. The number of aryl methyl sites for hydroxylation is 1. The van der Waals surface area contributed by atoms with Crippen molar-refractivity contribution in [3.05, 3.63) is 33.9 Å². The van der Waals surface area contributed by atoms with Gasteiger partial charge >= 0.3 is 0 Å². The van der Waals surface area contributed by atoms with Gasteiger partial charge in [0.25, 0.3) is 5.56 Å². The predicted octanol–water partition coefficient (Wildman–Crippen LogP) is 0.351. The lowest BCUT2D eigenvalue weighted by atomic mass is 10.2. The molecule has 0 bridgehead atoms. The summed E-state index contributed by atoms with van der Waals surface area (Å²) in [5.74, 6) is 0. The third-order valence-corrected chi connectivity index (χ3v) is 2.06. The number of nitrogens with zero attached hydrogens (tertiary/aromatic N) is 2. The molecule has 74 valence electrons. The van der Waals surface area contributed by atoms with Crippen LogP contribution in [0, 0.1) is 6.92 Å². The van der Waals surface area contributed by atoms with E-state index in [2.05, 4.69) is 10.1 Å². The minimum Gasteiger partial charge on any atom is -0.323 e. The van der Waals surface area contributed by atoms with Crippen molar-refractivity contribution < 1.29 is 0 Å². The maximum Gasteiger partial charge on any atom is 0.272 e. The fourth-order valence-corrected chi connectivity index (χ4v) is 1.36. The van der Waals surface area contributed by atoms with E-state index in [0.717, 1.165) is 5.69 Å². The molecule has 0 fully saturated rings. The van der Waals surface area contributed by atoms with Crippen LogP contribution in [0.3, 0.4) is 0 Å². The second-order valence-corrected chi connectivity index (χ2v) is 3.44. The van der Waals surface area contributed by atoms with Crippen molar-refractivity contribution >= 4 is 5.65 Å². The standard InChI is InChI=1S/C9H12N4O/c1-5-3-8-11-7(6(2)10)4-9(14)13(8)12-5/h3-4,6,12H,10H2,1-2H3. The van der Waals surface area contributed by atoms with E-state index < -0.39 is 0 Å². The first kappa shape index (κ1) is 8.96. The van der Waals surface area contributed by atoms with Crippen molar-refractivity contribution in [2.45, 2.75) is 19.9 Å². The summed E-state index contributed by atoms with van der Waals surface area (Å²) in [4.78, 5) is 15.8. The van der Waals surface area contributed by atoms with Crippen molar-refractivity contribution in [2.75, 3.05) is 0 Å². The Morgan fingerprint density at radius 3 is 2.93 bits per heavy atom. The minimum absolute atomic E-state index is 0.129. The first-order valence-corrected chi connectivity index (χ1v) is 4.43. The van der Waals surface area contributed by atoms with E-state index in [0.29, 0.717) is 11.3 Å². The van der Waals surface area contributed by atoms with E-state index in [1.165, 1.54) is 10.6 Å². The summed E-state index contributed by atoms with van der Waals surface area (Å²) in [6.07, 6.45) is 0. The Balaban J connectivity index is 2.78. The van der Waals surface area contributed by atoms with Gasteiger partial charge in [0, 0.05) is 23.9 Å². The highest BCUT2D eigenvalue weighted by Crippen LogP contribution is 2.06. The Labute approximate surface area is 80.6 Å². The molecule has 3 N–H and O–H groups in total. The molecule has 1 atom stereocenters. The van der Waals surface area contributed by atoms with Gasteiger partial charge in [-0.15, -0.1) is 0 Å². The molecule has 0 aliphatic carbocycles. The quantitative estimate of drug-likeness (QED) is 0.684. The molecule has 5 heteroatoms. The highest BCUT2D eigenvalue weighted by atomic mass is 16.1. The van der Waals surface area contributed by atoms with Crippen LogP contribution in [0.4, 0.5) is 0 Å². The van der Waals surface area contributed by atoms with Gasteiger partial charge in [0.1, 0.15) is 0 Å². The van der Waals surface area contributed by atoms with E-state index in [1.54, 1.807) is 6.92 Å². The van der Waals surface area contributed by atoms with Gasteiger partial charge in [-0.3, -0.25) is 9.89 Å². The van der Waals surface area contributed by atoms with Gasteiger partial charge in [0.2, 0.25) is 0 Å². The Morgan fingerprint density at radius 2 is 2.29 bits per heavy atom. The fourth-order valence-electron chi connectivity index (χ4n) is 1.36. The van der Waals surface area contributed by atoms with E-state index in [4.69, 9.17) is 5.73 Å². The van der Waals surface area contributed by atoms with Crippen LogP contribution in [-0.4, -0.2) is 14.6 Å². The normalized spacial score (nSPS) is 13.4. The van der Waals surface area contributed by atoms with Gasteiger partial charge in [-0.1, -0.05) is 0 Å². The van der Waals surface area contributed by atoms with Crippen LogP contribution < -0.4 is 11.3 Å². The first-order chi connectivity index (χ1) is 6.58. The number of nitrogens with one attached hydrogen (secondary N) is 1. The van der Waals surface area contributed by atoms with Crippen molar-refractivity contribution in [3.8, 4) is 0 Å². The van der Waals surface area contributed by atoms with Crippen molar-refractivity contribution in [1.82, 2.24) is 14.6 Å². The molecule has 2 heterocycles. The molecule has 0 saturated carbocycles. The summed E-state index contributed by atoms with van der Waals surface area (Å²) < 4.78 is 1.40. The van der Waals surface area contributed by atoms with Crippen LogP contribution in [0.15, 0.2) is 16.9 Å². The Morgan fingerprint density at radius 1 is 1.57 bits per heavy atom. The number of H-pyrrole nitrogens is 1. The minimum atomic E-state index is -0.220. The van der Waals surface area contributed by atoms with Gasteiger partial charge in [-0.2, -0.15) is 0 Å². The van der Waals surface area contributed by atoms with Crippen LogP contribution in [-0.2, 0) is 0 Å². The maximum absolute atomic E-state index is 11.6. The van der Waals surface area contributed by atoms with E-state index >= 15 is 0 Å². The van der Waals surface area contributed by atoms with Crippen LogP contribution in [0.1, 0.15) is 24.4 Å². The van der Waals surface area contributed by atoms with Gasteiger partial charge in [-0.25, -0.2) is 9.50 Å². The molecule has 0 saturated heterocycles. The number of rotatable bonds is 1. The summed E-state index contributed by atoms with van der Waals surface area (Å²) in [6.45, 7) is 3.68. The monoisotopic (exact) mass is 192 g/mol. The third kappa shape index (κ3) is 1.31. The zero-order chi connectivity index (χ0) is 10.3. The molecule has 5 nitrogen and oxygen atoms in total. The largest absolute Gasteiger partial charge is 0.323 e. The molecule has 0 radical (unpaired) electrons. The van der Waals surface area contributed by atoms with Gasteiger partial charge in [-0.05, 0) is 13.8 Å². The summed E-state index contributed by atoms with van der Waals surface area (Å²) >= 11 is 0. The average Bonchev–Trinajstić information content (AvgIpc) is 2.45. The zero-order valence-corrected chi connectivity index (χ0v) is 8.11. The molecule has 0 amide bonds. The molecule has 14 heavy (non-hydrogen) atoms. The SMILES string of the molecule is Cc1cc2nc(C(C)N)cc(=O)n2[nH]1. The number of aromatic nitrogens is 3.